The molecule has 3 heterocycles. The number of unbranched alkanes of at least 4 members (excludes halogenated alkanes) is 1. The summed E-state index contributed by atoms with van der Waals surface area (Å²) in [7, 11) is 0. The van der Waals surface area contributed by atoms with Gasteiger partial charge < -0.3 is 5.32 Å². The standard InChI is InChI=1S/C19H17ClFN5O3S/c1-2-3-7-24-17(28)16-14(6-8-30-16)26-18(24)23-25(19(26)29)10-15(27)22-13-5-4-11(21)9-12(13)20/h4-6,8-9H,2-3,7,10H2,1H3,(H,22,27). The Labute approximate surface area is 178 Å². The summed E-state index contributed by atoms with van der Waals surface area (Å²) < 4.78 is 17.5. The van der Waals surface area contributed by atoms with Gasteiger partial charge in [0.1, 0.15) is 17.1 Å². The number of halogens is 2. The van der Waals surface area contributed by atoms with E-state index in [2.05, 4.69) is 10.4 Å². The molecule has 0 aliphatic rings. The molecule has 0 radical (unpaired) electrons. The van der Waals surface area contributed by atoms with E-state index in [0.717, 1.165) is 29.7 Å². The van der Waals surface area contributed by atoms with Gasteiger partial charge in [0.05, 0.1) is 16.2 Å². The van der Waals surface area contributed by atoms with Crippen LogP contribution in [0.5, 0.6) is 0 Å². The SMILES string of the molecule is CCCCn1c(=O)c2sccc2n2c(=O)n(CC(=O)Nc3ccc(F)cc3Cl)nc12. The number of nitrogens with zero attached hydrogens (tertiary/aromatic N) is 4. The molecule has 4 aromatic rings. The first-order valence-corrected chi connectivity index (χ1v) is 10.5. The van der Waals surface area contributed by atoms with Gasteiger partial charge in [0.15, 0.2) is 0 Å². The van der Waals surface area contributed by atoms with Gasteiger partial charge in [-0.25, -0.2) is 18.3 Å². The van der Waals surface area contributed by atoms with Crippen LogP contribution in [-0.4, -0.2) is 24.7 Å². The normalized spacial score (nSPS) is 11.4. The number of hydrogen-bond donors (Lipinski definition) is 1. The number of benzene rings is 1. The first kappa shape index (κ1) is 20.3. The van der Waals surface area contributed by atoms with Gasteiger partial charge in [-0.1, -0.05) is 24.9 Å². The van der Waals surface area contributed by atoms with Gasteiger partial charge in [0.25, 0.3) is 5.56 Å². The summed E-state index contributed by atoms with van der Waals surface area (Å²) in [5, 5.41) is 8.57. The van der Waals surface area contributed by atoms with Crippen molar-refractivity contribution in [2.45, 2.75) is 32.9 Å². The number of hydrogen-bond acceptors (Lipinski definition) is 5. The summed E-state index contributed by atoms with van der Waals surface area (Å²) in [6, 6.07) is 5.26. The number of nitrogens with one attached hydrogen (secondary N) is 1. The van der Waals surface area contributed by atoms with E-state index >= 15 is 0 Å². The van der Waals surface area contributed by atoms with Crippen LogP contribution in [0, 0.1) is 5.82 Å². The molecule has 0 saturated carbocycles. The second kappa shape index (κ2) is 8.04. The third-order valence-corrected chi connectivity index (χ3v) is 5.83. The second-order valence-corrected chi connectivity index (χ2v) is 8.02. The van der Waals surface area contributed by atoms with Crippen LogP contribution >= 0.6 is 22.9 Å². The number of thiophene rings is 1. The molecule has 0 bridgehead atoms. The zero-order valence-electron chi connectivity index (χ0n) is 15.9. The Hall–Kier alpha value is -2.98. The molecule has 0 spiro atoms. The fraction of sp³-hybridized carbons (Fsp3) is 0.263. The first-order valence-electron chi connectivity index (χ1n) is 9.25. The van der Waals surface area contributed by atoms with E-state index in [9.17, 15) is 18.8 Å². The van der Waals surface area contributed by atoms with Crippen LogP contribution in [-0.2, 0) is 17.9 Å². The zero-order chi connectivity index (χ0) is 21.4. The molecule has 0 aliphatic heterocycles. The van der Waals surface area contributed by atoms with Crippen molar-refractivity contribution in [2.75, 3.05) is 5.32 Å². The second-order valence-electron chi connectivity index (χ2n) is 6.69. The van der Waals surface area contributed by atoms with Gasteiger partial charge in [-0.3, -0.25) is 14.2 Å². The number of anilines is 1. The summed E-state index contributed by atoms with van der Waals surface area (Å²) in [5.74, 6) is -0.894. The Morgan fingerprint density at radius 3 is 2.83 bits per heavy atom. The van der Waals surface area contributed by atoms with Gasteiger partial charge in [-0.2, -0.15) is 0 Å². The third kappa shape index (κ3) is 3.52. The molecule has 8 nitrogen and oxygen atoms in total. The molecule has 11 heteroatoms. The van der Waals surface area contributed by atoms with E-state index in [1.807, 2.05) is 6.92 Å². The maximum absolute atomic E-state index is 13.2. The van der Waals surface area contributed by atoms with Gasteiger partial charge >= 0.3 is 5.69 Å². The van der Waals surface area contributed by atoms with Crippen LogP contribution in [0.25, 0.3) is 16.0 Å². The van der Waals surface area contributed by atoms with Crippen molar-refractivity contribution in [2.24, 2.45) is 0 Å². The minimum absolute atomic E-state index is 0.0408. The number of carbonyl (C=O) groups is 1. The molecule has 3 aromatic heterocycles. The predicted molar refractivity (Wildman–Crippen MR) is 114 cm³/mol. The molecule has 30 heavy (non-hydrogen) atoms. The van der Waals surface area contributed by atoms with E-state index in [0.29, 0.717) is 16.8 Å². The average molecular weight is 450 g/mol. The van der Waals surface area contributed by atoms with E-state index in [-0.39, 0.29) is 28.6 Å². The van der Waals surface area contributed by atoms with Gasteiger partial charge in [-0.05, 0) is 36.1 Å². The largest absolute Gasteiger partial charge is 0.352 e. The fourth-order valence-electron chi connectivity index (χ4n) is 3.17. The lowest BCUT2D eigenvalue weighted by atomic mass is 10.3. The highest BCUT2D eigenvalue weighted by atomic mass is 35.5. The van der Waals surface area contributed by atoms with Crippen LogP contribution in [0.15, 0.2) is 39.2 Å². The molecular formula is C19H17ClFN5O3S. The summed E-state index contributed by atoms with van der Waals surface area (Å²) in [4.78, 5) is 38.3. The van der Waals surface area contributed by atoms with Crippen LogP contribution < -0.4 is 16.6 Å². The molecular weight excluding hydrogens is 433 g/mol. The lowest BCUT2D eigenvalue weighted by Gasteiger charge is -2.07. The van der Waals surface area contributed by atoms with Crippen molar-refractivity contribution >= 4 is 50.5 Å². The topological polar surface area (TPSA) is 90.4 Å². The molecule has 0 unspecified atom stereocenters. The lowest BCUT2D eigenvalue weighted by Crippen LogP contribution is -2.29. The number of fused-ring (bicyclic) bond motifs is 3. The number of aromatic nitrogens is 4. The van der Waals surface area contributed by atoms with Crippen molar-refractivity contribution < 1.29 is 9.18 Å². The van der Waals surface area contributed by atoms with Gasteiger partial charge in [0.2, 0.25) is 11.7 Å². The van der Waals surface area contributed by atoms with E-state index in [1.165, 1.54) is 26.4 Å². The number of aryl methyl sites for hydroxylation is 1. The average Bonchev–Trinajstić information content (AvgIpc) is 3.30. The maximum Gasteiger partial charge on any atom is 0.352 e. The highest BCUT2D eigenvalue weighted by Crippen LogP contribution is 2.22. The smallest absolute Gasteiger partial charge is 0.323 e. The van der Waals surface area contributed by atoms with Crippen molar-refractivity contribution in [3.8, 4) is 0 Å². The third-order valence-electron chi connectivity index (χ3n) is 4.62. The fourth-order valence-corrected chi connectivity index (χ4v) is 4.21. The number of carbonyl (C=O) groups excluding carboxylic acids is 1. The van der Waals surface area contributed by atoms with Crippen LogP contribution in [0.2, 0.25) is 5.02 Å². The predicted octanol–water partition coefficient (Wildman–Crippen LogP) is 3.10. The Balaban J connectivity index is 1.75. The minimum atomic E-state index is -0.557. The van der Waals surface area contributed by atoms with Gasteiger partial charge in [-0.15, -0.1) is 16.4 Å². The molecule has 0 saturated heterocycles. The van der Waals surface area contributed by atoms with Crippen LogP contribution in [0.4, 0.5) is 10.1 Å². The summed E-state index contributed by atoms with van der Waals surface area (Å²) in [5.41, 5.74) is -0.0504. The van der Waals surface area contributed by atoms with Crippen LogP contribution in [0.3, 0.4) is 0 Å². The van der Waals surface area contributed by atoms with Crippen molar-refractivity contribution in [3.05, 3.63) is 61.3 Å². The highest BCUT2D eigenvalue weighted by Gasteiger charge is 2.19. The monoisotopic (exact) mass is 449 g/mol. The molecule has 4 rings (SSSR count). The van der Waals surface area contributed by atoms with E-state index < -0.39 is 17.4 Å². The molecule has 1 aromatic carbocycles. The van der Waals surface area contributed by atoms with Crippen molar-refractivity contribution in [1.82, 2.24) is 18.7 Å². The Morgan fingerprint density at radius 2 is 2.10 bits per heavy atom. The maximum atomic E-state index is 13.2. The minimum Gasteiger partial charge on any atom is -0.323 e. The van der Waals surface area contributed by atoms with Crippen molar-refractivity contribution in [1.29, 1.82) is 0 Å². The van der Waals surface area contributed by atoms with Crippen LogP contribution in [0.1, 0.15) is 19.8 Å². The molecule has 0 atom stereocenters. The molecule has 1 amide bonds. The Kier molecular flexibility index (Phi) is 5.44. The molecule has 0 fully saturated rings. The Morgan fingerprint density at radius 1 is 1.30 bits per heavy atom. The molecule has 156 valence electrons. The van der Waals surface area contributed by atoms with Gasteiger partial charge in [0, 0.05) is 6.54 Å². The number of rotatable bonds is 6. The summed E-state index contributed by atoms with van der Waals surface area (Å²) in [6.45, 7) is 2.03. The summed E-state index contributed by atoms with van der Waals surface area (Å²) >= 11 is 7.19. The van der Waals surface area contributed by atoms with E-state index in [4.69, 9.17) is 11.6 Å². The molecule has 1 N–H and O–H groups in total. The summed E-state index contributed by atoms with van der Waals surface area (Å²) in [6.07, 6.45) is 1.61. The highest BCUT2D eigenvalue weighted by molar-refractivity contribution is 7.17. The number of amides is 1. The quantitative estimate of drug-likeness (QED) is 0.489. The Bertz CT molecular complexity index is 1390. The van der Waals surface area contributed by atoms with Crippen molar-refractivity contribution in [3.63, 3.8) is 0 Å². The first-order chi connectivity index (χ1) is 14.4. The van der Waals surface area contributed by atoms with E-state index in [1.54, 1.807) is 11.4 Å². The zero-order valence-corrected chi connectivity index (χ0v) is 17.5. The lowest BCUT2D eigenvalue weighted by molar-refractivity contribution is -0.117. The molecule has 0 aliphatic carbocycles.